The van der Waals surface area contributed by atoms with E-state index in [9.17, 15) is 4.79 Å². The van der Waals surface area contributed by atoms with Crippen molar-refractivity contribution < 1.29 is 9.21 Å². The summed E-state index contributed by atoms with van der Waals surface area (Å²) in [7, 11) is 0. The molecule has 0 fully saturated rings. The molecule has 0 aliphatic heterocycles. The van der Waals surface area contributed by atoms with Gasteiger partial charge in [0.05, 0.1) is 16.3 Å². The van der Waals surface area contributed by atoms with Crippen LogP contribution in [0.4, 0.5) is 0 Å². The third-order valence-corrected chi connectivity index (χ3v) is 4.91. The van der Waals surface area contributed by atoms with E-state index in [1.165, 1.54) is 11.8 Å². The van der Waals surface area contributed by atoms with E-state index in [4.69, 9.17) is 16.0 Å². The fraction of sp³-hybridized carbons (Fsp3) is 0.211. The van der Waals surface area contributed by atoms with Crippen molar-refractivity contribution in [1.29, 1.82) is 0 Å². The molecule has 0 saturated heterocycles. The molecule has 0 aliphatic rings. The Morgan fingerprint density at radius 1 is 1.12 bits per heavy atom. The smallest absolute Gasteiger partial charge is 0.277 e. The number of hydrogen-bond acceptors (Lipinski definition) is 5. The molecule has 0 unspecified atom stereocenters. The van der Waals surface area contributed by atoms with Gasteiger partial charge >= 0.3 is 0 Å². The molecule has 3 aromatic rings. The number of rotatable bonds is 7. The first kappa shape index (κ1) is 18.5. The van der Waals surface area contributed by atoms with Gasteiger partial charge in [-0.05, 0) is 24.6 Å². The highest BCUT2D eigenvalue weighted by Crippen LogP contribution is 2.28. The molecule has 26 heavy (non-hydrogen) atoms. The van der Waals surface area contributed by atoms with E-state index in [-0.39, 0.29) is 11.7 Å². The molecule has 134 valence electrons. The molecule has 3 rings (SSSR count). The van der Waals surface area contributed by atoms with Crippen LogP contribution in [0.1, 0.15) is 12.5 Å². The van der Waals surface area contributed by atoms with Crippen LogP contribution in [0.3, 0.4) is 0 Å². The summed E-state index contributed by atoms with van der Waals surface area (Å²) in [5.41, 5.74) is 1.78. The topological polar surface area (TPSA) is 59.2 Å². The van der Waals surface area contributed by atoms with Crippen molar-refractivity contribution in [3.8, 4) is 11.5 Å². The Bertz CT molecular complexity index is 870. The maximum atomic E-state index is 12.5. The van der Waals surface area contributed by atoms with Crippen LogP contribution in [-0.2, 0) is 11.3 Å². The van der Waals surface area contributed by atoms with Crippen molar-refractivity contribution in [2.45, 2.75) is 18.7 Å². The van der Waals surface area contributed by atoms with Gasteiger partial charge in [-0.2, -0.15) is 0 Å². The molecule has 7 heteroatoms. The van der Waals surface area contributed by atoms with E-state index in [2.05, 4.69) is 10.2 Å². The lowest BCUT2D eigenvalue weighted by molar-refractivity contribution is -0.128. The first-order chi connectivity index (χ1) is 12.7. The molecule has 1 aromatic heterocycles. The number of carbonyl (C=O) groups excluding carboxylic acids is 1. The van der Waals surface area contributed by atoms with Crippen molar-refractivity contribution in [3.63, 3.8) is 0 Å². The summed E-state index contributed by atoms with van der Waals surface area (Å²) in [4.78, 5) is 14.3. The van der Waals surface area contributed by atoms with E-state index < -0.39 is 0 Å². The van der Waals surface area contributed by atoms with E-state index in [1.807, 2.05) is 55.5 Å². The minimum Gasteiger partial charge on any atom is -0.411 e. The zero-order valence-electron chi connectivity index (χ0n) is 14.3. The predicted octanol–water partition coefficient (Wildman–Crippen LogP) is 4.53. The van der Waals surface area contributed by atoms with Crippen molar-refractivity contribution in [3.05, 3.63) is 65.2 Å². The highest BCUT2D eigenvalue weighted by Gasteiger charge is 2.16. The molecule has 0 aliphatic carbocycles. The Balaban J connectivity index is 1.60. The lowest BCUT2D eigenvalue weighted by atomic mass is 10.2. The van der Waals surface area contributed by atoms with Gasteiger partial charge in [0.15, 0.2) is 0 Å². The molecular weight excluding hydrogens is 370 g/mol. The van der Waals surface area contributed by atoms with E-state index >= 15 is 0 Å². The van der Waals surface area contributed by atoms with Gasteiger partial charge in [0.1, 0.15) is 0 Å². The number of thioether (sulfide) groups is 1. The largest absolute Gasteiger partial charge is 0.411 e. The Morgan fingerprint density at radius 2 is 1.85 bits per heavy atom. The Morgan fingerprint density at radius 3 is 2.58 bits per heavy atom. The van der Waals surface area contributed by atoms with Crippen LogP contribution in [0.5, 0.6) is 0 Å². The van der Waals surface area contributed by atoms with Gasteiger partial charge in [-0.1, -0.05) is 65.8 Å². The lowest BCUT2D eigenvalue weighted by Gasteiger charge is -2.20. The monoisotopic (exact) mass is 387 g/mol. The maximum absolute atomic E-state index is 12.5. The first-order valence-corrected chi connectivity index (χ1v) is 9.56. The fourth-order valence-electron chi connectivity index (χ4n) is 2.41. The Hall–Kier alpha value is -2.31. The Labute approximate surface area is 161 Å². The van der Waals surface area contributed by atoms with Gasteiger partial charge in [-0.3, -0.25) is 4.79 Å². The summed E-state index contributed by atoms with van der Waals surface area (Å²) in [5, 5.41) is 8.90. The minimum atomic E-state index is 0.0267. The van der Waals surface area contributed by atoms with E-state index in [1.54, 1.807) is 11.0 Å². The average molecular weight is 388 g/mol. The van der Waals surface area contributed by atoms with Crippen molar-refractivity contribution >= 4 is 29.3 Å². The van der Waals surface area contributed by atoms with Crippen LogP contribution in [0.25, 0.3) is 11.5 Å². The van der Waals surface area contributed by atoms with Gasteiger partial charge in [0, 0.05) is 13.1 Å². The minimum absolute atomic E-state index is 0.0267. The maximum Gasteiger partial charge on any atom is 0.277 e. The normalized spacial score (nSPS) is 10.7. The van der Waals surface area contributed by atoms with Crippen LogP contribution in [0.2, 0.25) is 5.02 Å². The van der Waals surface area contributed by atoms with Gasteiger partial charge in [-0.15, -0.1) is 10.2 Å². The van der Waals surface area contributed by atoms with Crippen molar-refractivity contribution in [2.24, 2.45) is 0 Å². The number of halogens is 1. The highest BCUT2D eigenvalue weighted by molar-refractivity contribution is 7.99. The number of hydrogen-bond donors (Lipinski definition) is 0. The molecule has 0 spiro atoms. The zero-order valence-corrected chi connectivity index (χ0v) is 15.8. The number of carbonyl (C=O) groups is 1. The third kappa shape index (κ3) is 4.65. The predicted molar refractivity (Wildman–Crippen MR) is 103 cm³/mol. The van der Waals surface area contributed by atoms with Gasteiger partial charge < -0.3 is 9.32 Å². The highest BCUT2D eigenvalue weighted by atomic mass is 35.5. The van der Waals surface area contributed by atoms with Crippen LogP contribution in [-0.4, -0.2) is 33.3 Å². The average Bonchev–Trinajstić information content (AvgIpc) is 3.14. The second-order valence-electron chi connectivity index (χ2n) is 5.54. The summed E-state index contributed by atoms with van der Waals surface area (Å²) in [5.74, 6) is 0.617. The van der Waals surface area contributed by atoms with Gasteiger partial charge in [0.2, 0.25) is 11.8 Å². The fourth-order valence-corrected chi connectivity index (χ4v) is 3.29. The summed E-state index contributed by atoms with van der Waals surface area (Å²) in [6.45, 7) is 3.20. The van der Waals surface area contributed by atoms with Crippen LogP contribution in [0.15, 0.2) is 64.2 Å². The number of aromatic nitrogens is 2. The Kier molecular flexibility index (Phi) is 6.30. The van der Waals surface area contributed by atoms with Crippen molar-refractivity contribution in [1.82, 2.24) is 15.1 Å². The number of benzene rings is 2. The van der Waals surface area contributed by atoms with Gasteiger partial charge in [-0.25, -0.2) is 0 Å². The van der Waals surface area contributed by atoms with Crippen LogP contribution < -0.4 is 0 Å². The molecule has 5 nitrogen and oxygen atoms in total. The van der Waals surface area contributed by atoms with Gasteiger partial charge in [0.25, 0.3) is 5.22 Å². The first-order valence-electron chi connectivity index (χ1n) is 8.20. The zero-order chi connectivity index (χ0) is 18.4. The summed E-state index contributed by atoms with van der Waals surface area (Å²) in [6, 6.07) is 17.2. The molecule has 0 saturated carbocycles. The SMILES string of the molecule is CCN(Cc1ccccc1)C(=O)CSc1nnc(-c2ccccc2Cl)o1. The molecule has 1 amide bonds. The van der Waals surface area contributed by atoms with E-state index in [0.717, 1.165) is 5.56 Å². The lowest BCUT2D eigenvalue weighted by Crippen LogP contribution is -2.31. The standard InChI is InChI=1S/C19H18ClN3O2S/c1-2-23(12-14-8-4-3-5-9-14)17(24)13-26-19-22-21-18(25-19)15-10-6-7-11-16(15)20/h3-11H,2,12-13H2,1H3. The van der Waals surface area contributed by atoms with Crippen molar-refractivity contribution in [2.75, 3.05) is 12.3 Å². The molecule has 0 atom stereocenters. The summed E-state index contributed by atoms with van der Waals surface area (Å²) >= 11 is 7.37. The third-order valence-electron chi connectivity index (χ3n) is 3.78. The molecule has 2 aromatic carbocycles. The van der Waals surface area contributed by atoms with Crippen LogP contribution in [0, 0.1) is 0 Å². The quantitative estimate of drug-likeness (QED) is 0.557. The van der Waals surface area contributed by atoms with Crippen LogP contribution >= 0.6 is 23.4 Å². The molecule has 0 N–H and O–H groups in total. The second-order valence-corrected chi connectivity index (χ2v) is 6.87. The molecule has 0 bridgehead atoms. The number of nitrogens with zero attached hydrogens (tertiary/aromatic N) is 3. The second kappa shape index (κ2) is 8.87. The summed E-state index contributed by atoms with van der Waals surface area (Å²) < 4.78 is 5.62. The summed E-state index contributed by atoms with van der Waals surface area (Å²) in [6.07, 6.45) is 0. The number of amides is 1. The molecule has 1 heterocycles. The van der Waals surface area contributed by atoms with E-state index in [0.29, 0.717) is 34.8 Å². The molecular formula is C19H18ClN3O2S. The molecule has 0 radical (unpaired) electrons.